The number of para-hydroxylation sites is 1. The first kappa shape index (κ1) is 25.5. The zero-order valence-corrected chi connectivity index (χ0v) is 21.9. The lowest BCUT2D eigenvalue weighted by Crippen LogP contribution is -2.20. The van der Waals surface area contributed by atoms with Crippen LogP contribution in [0.2, 0.25) is 0 Å². The monoisotopic (exact) mass is 526 g/mol. The molecule has 3 aromatic carbocycles. The number of nitrogens with zero attached hydrogens (tertiary/aromatic N) is 4. The van der Waals surface area contributed by atoms with Crippen molar-refractivity contribution in [3.63, 3.8) is 0 Å². The molecule has 0 N–H and O–H groups in total. The zero-order valence-electron chi connectivity index (χ0n) is 21.9. The van der Waals surface area contributed by atoms with Gasteiger partial charge < -0.3 is 23.5 Å². The Morgan fingerprint density at radius 2 is 1.85 bits per heavy atom. The maximum Gasteiger partial charge on any atom is 0.343 e. The van der Waals surface area contributed by atoms with Crippen LogP contribution >= 0.6 is 0 Å². The summed E-state index contributed by atoms with van der Waals surface area (Å²) in [6.07, 6.45) is 1.48. The lowest BCUT2D eigenvalue weighted by Gasteiger charge is -2.15. The smallest absolute Gasteiger partial charge is 0.343 e. The van der Waals surface area contributed by atoms with Gasteiger partial charge in [0.15, 0.2) is 12.4 Å². The molecule has 198 valence electrons. The van der Waals surface area contributed by atoms with E-state index in [0.29, 0.717) is 39.3 Å². The highest BCUT2D eigenvalue weighted by atomic mass is 16.6. The number of fused-ring (bicyclic) bond motifs is 2. The predicted octanol–water partition coefficient (Wildman–Crippen LogP) is 4.32. The van der Waals surface area contributed by atoms with Gasteiger partial charge in [-0.15, -0.1) is 0 Å². The van der Waals surface area contributed by atoms with Crippen LogP contribution in [-0.4, -0.2) is 56.8 Å². The van der Waals surface area contributed by atoms with Crippen molar-refractivity contribution >= 4 is 39.7 Å². The van der Waals surface area contributed by atoms with Gasteiger partial charge in [0, 0.05) is 31.4 Å². The van der Waals surface area contributed by atoms with Crippen molar-refractivity contribution in [2.75, 3.05) is 39.8 Å². The molecule has 0 spiro atoms. The largest absolute Gasteiger partial charge is 0.496 e. The number of hydrogen-bond donors (Lipinski definition) is 0. The molecule has 0 radical (unpaired) electrons. The second-order valence-corrected chi connectivity index (χ2v) is 8.78. The normalized spacial score (nSPS) is 11.3. The number of esters is 1. The summed E-state index contributed by atoms with van der Waals surface area (Å²) in [4.78, 5) is 31.9. The van der Waals surface area contributed by atoms with E-state index in [-0.39, 0.29) is 18.0 Å². The predicted molar refractivity (Wildman–Crippen MR) is 149 cm³/mol. The van der Waals surface area contributed by atoms with E-state index >= 15 is 0 Å². The lowest BCUT2D eigenvalue weighted by atomic mass is 10.2. The third kappa shape index (κ3) is 5.04. The average Bonchev–Trinajstić information content (AvgIpc) is 3.40. The standard InChI is InChI=1S/C29H26N4O6/c1-32(2)19-13-12-18(25(14-19)38-17-27(34)37-4)16-30-33-28(31-22-9-6-5-8-20(22)29(33)35)26-15-21-23(36-3)10-7-11-24(21)39-26/h5-16H,17H2,1-4H3. The second kappa shape index (κ2) is 10.7. The summed E-state index contributed by atoms with van der Waals surface area (Å²) in [7, 11) is 6.65. The molecule has 0 aliphatic rings. The Kier molecular flexibility index (Phi) is 7.00. The van der Waals surface area contributed by atoms with Crippen molar-refractivity contribution in [3.8, 4) is 23.1 Å². The molecule has 0 fully saturated rings. The third-order valence-electron chi connectivity index (χ3n) is 6.11. The van der Waals surface area contributed by atoms with E-state index in [2.05, 4.69) is 5.10 Å². The molecule has 10 heteroatoms. The molecular formula is C29H26N4O6. The van der Waals surface area contributed by atoms with E-state index in [1.165, 1.54) is 18.0 Å². The third-order valence-corrected chi connectivity index (χ3v) is 6.11. The summed E-state index contributed by atoms with van der Waals surface area (Å²) >= 11 is 0. The zero-order chi connectivity index (χ0) is 27.5. The van der Waals surface area contributed by atoms with E-state index in [9.17, 15) is 9.59 Å². The van der Waals surface area contributed by atoms with Gasteiger partial charge in [-0.3, -0.25) is 4.79 Å². The summed E-state index contributed by atoms with van der Waals surface area (Å²) in [5, 5.41) is 5.65. The second-order valence-electron chi connectivity index (χ2n) is 8.78. The highest BCUT2D eigenvalue weighted by molar-refractivity contribution is 5.89. The van der Waals surface area contributed by atoms with Crippen molar-refractivity contribution in [3.05, 3.63) is 82.6 Å². The molecule has 2 aromatic heterocycles. The van der Waals surface area contributed by atoms with Crippen molar-refractivity contribution in [2.24, 2.45) is 5.10 Å². The van der Waals surface area contributed by atoms with Gasteiger partial charge in [-0.05, 0) is 42.5 Å². The number of furan rings is 1. The van der Waals surface area contributed by atoms with Gasteiger partial charge in [0.1, 0.15) is 17.1 Å². The number of benzene rings is 3. The van der Waals surface area contributed by atoms with E-state index in [1.54, 1.807) is 43.5 Å². The molecule has 10 nitrogen and oxygen atoms in total. The summed E-state index contributed by atoms with van der Waals surface area (Å²) in [6.45, 7) is -0.280. The quantitative estimate of drug-likeness (QED) is 0.217. The van der Waals surface area contributed by atoms with Crippen molar-refractivity contribution in [1.82, 2.24) is 9.66 Å². The molecule has 5 aromatic rings. The molecule has 0 unspecified atom stereocenters. The summed E-state index contributed by atoms with van der Waals surface area (Å²) < 4.78 is 23.2. The number of carbonyl (C=O) groups excluding carboxylic acids is 1. The summed E-state index contributed by atoms with van der Waals surface area (Å²) in [5.41, 5.74) is 2.12. The molecule has 0 aliphatic heterocycles. The van der Waals surface area contributed by atoms with Crippen molar-refractivity contribution in [2.45, 2.75) is 0 Å². The molecule has 0 amide bonds. The fourth-order valence-corrected chi connectivity index (χ4v) is 4.06. The molecule has 0 saturated carbocycles. The van der Waals surface area contributed by atoms with Gasteiger partial charge in [-0.2, -0.15) is 9.78 Å². The lowest BCUT2D eigenvalue weighted by molar-refractivity contribution is -0.142. The van der Waals surface area contributed by atoms with E-state index in [4.69, 9.17) is 23.6 Å². The summed E-state index contributed by atoms with van der Waals surface area (Å²) in [6, 6.07) is 19.7. The van der Waals surface area contributed by atoms with Gasteiger partial charge in [0.05, 0.1) is 36.7 Å². The molecule has 2 heterocycles. The number of ether oxygens (including phenoxy) is 3. The Labute approximate surface area is 223 Å². The Morgan fingerprint density at radius 3 is 2.62 bits per heavy atom. The first-order chi connectivity index (χ1) is 18.9. The maximum absolute atomic E-state index is 13.6. The van der Waals surface area contributed by atoms with Crippen molar-refractivity contribution in [1.29, 1.82) is 0 Å². The maximum atomic E-state index is 13.6. The molecule has 0 bridgehead atoms. The number of rotatable bonds is 8. The number of aromatic nitrogens is 2. The molecule has 39 heavy (non-hydrogen) atoms. The SMILES string of the molecule is COC(=O)COc1cc(N(C)C)ccc1C=Nn1c(-c2cc3c(OC)cccc3o2)nc2ccccc2c1=O. The van der Waals surface area contributed by atoms with Crippen LogP contribution in [0.1, 0.15) is 5.56 Å². The number of methoxy groups -OCH3 is 2. The Bertz CT molecular complexity index is 1770. The fourth-order valence-electron chi connectivity index (χ4n) is 4.06. The van der Waals surface area contributed by atoms with Crippen LogP contribution in [0.5, 0.6) is 11.5 Å². The van der Waals surface area contributed by atoms with E-state index in [1.807, 2.05) is 49.3 Å². The van der Waals surface area contributed by atoms with Crippen LogP contribution < -0.4 is 19.9 Å². The van der Waals surface area contributed by atoms with E-state index < -0.39 is 5.97 Å². The van der Waals surface area contributed by atoms with Crippen LogP contribution in [0.15, 0.2) is 81.0 Å². The number of carbonyl (C=O) groups is 1. The Hall–Kier alpha value is -5.12. The van der Waals surface area contributed by atoms with E-state index in [0.717, 1.165) is 11.1 Å². The summed E-state index contributed by atoms with van der Waals surface area (Å²) in [5.74, 6) is 1.07. The van der Waals surface area contributed by atoms with Crippen LogP contribution in [0.3, 0.4) is 0 Å². The minimum atomic E-state index is -0.523. The fraction of sp³-hybridized carbons (Fsp3) is 0.172. The number of hydrogen-bond acceptors (Lipinski definition) is 9. The molecule has 5 rings (SSSR count). The average molecular weight is 527 g/mol. The van der Waals surface area contributed by atoms with Gasteiger partial charge >= 0.3 is 5.97 Å². The first-order valence-electron chi connectivity index (χ1n) is 12.0. The van der Waals surface area contributed by atoms with Crippen molar-refractivity contribution < 1.29 is 23.4 Å². The van der Waals surface area contributed by atoms with Crippen LogP contribution in [0.25, 0.3) is 33.5 Å². The van der Waals surface area contributed by atoms with Gasteiger partial charge in [-0.25, -0.2) is 9.78 Å². The minimum Gasteiger partial charge on any atom is -0.496 e. The van der Waals surface area contributed by atoms with Gasteiger partial charge in [0.2, 0.25) is 5.82 Å². The number of anilines is 1. The highest BCUT2D eigenvalue weighted by Gasteiger charge is 2.18. The minimum absolute atomic E-state index is 0.218. The van der Waals surface area contributed by atoms with Crippen LogP contribution in [0.4, 0.5) is 5.69 Å². The molecule has 0 atom stereocenters. The topological polar surface area (TPSA) is 108 Å². The molecular weight excluding hydrogens is 500 g/mol. The molecule has 0 saturated heterocycles. The first-order valence-corrected chi connectivity index (χ1v) is 12.0. The van der Waals surface area contributed by atoms with Gasteiger partial charge in [-0.1, -0.05) is 18.2 Å². The van der Waals surface area contributed by atoms with Gasteiger partial charge in [0.25, 0.3) is 5.56 Å². The Morgan fingerprint density at radius 1 is 1.03 bits per heavy atom. The van der Waals surface area contributed by atoms with Crippen LogP contribution in [-0.2, 0) is 9.53 Å². The highest BCUT2D eigenvalue weighted by Crippen LogP contribution is 2.33. The van der Waals surface area contributed by atoms with Crippen LogP contribution in [0, 0.1) is 0 Å². The molecule has 0 aliphatic carbocycles. The Balaban J connectivity index is 1.66.